The van der Waals surface area contributed by atoms with Crippen LogP contribution in [0.1, 0.15) is 38.5 Å². The maximum Gasteiger partial charge on any atom is 0.323 e. The Morgan fingerprint density at radius 2 is 1.42 bits per heavy atom. The molecule has 6 heteroatoms. The third kappa shape index (κ3) is 6.00. The van der Waals surface area contributed by atoms with Gasteiger partial charge >= 0.3 is 6.03 Å². The van der Waals surface area contributed by atoms with E-state index in [9.17, 15) is 9.59 Å². The summed E-state index contributed by atoms with van der Waals surface area (Å²) in [7, 11) is 0. The SMILES string of the molecule is O=C(Nc1ccccc1)Nc1ccc(N2CCN(C(=O)CCC3CCCC3)CC2)cc1. The van der Waals surface area contributed by atoms with Gasteiger partial charge in [0.15, 0.2) is 0 Å². The lowest BCUT2D eigenvalue weighted by atomic mass is 10.0. The molecule has 0 aromatic heterocycles. The summed E-state index contributed by atoms with van der Waals surface area (Å²) >= 11 is 0. The average Bonchev–Trinajstić information content (AvgIpc) is 3.32. The first-order chi connectivity index (χ1) is 15.2. The number of anilines is 3. The smallest absolute Gasteiger partial charge is 0.323 e. The summed E-state index contributed by atoms with van der Waals surface area (Å²) < 4.78 is 0. The van der Waals surface area contributed by atoms with E-state index in [4.69, 9.17) is 0 Å². The zero-order valence-corrected chi connectivity index (χ0v) is 18.1. The van der Waals surface area contributed by atoms with Crippen LogP contribution in [0.2, 0.25) is 0 Å². The first-order valence-electron chi connectivity index (χ1n) is 11.4. The summed E-state index contributed by atoms with van der Waals surface area (Å²) in [5, 5.41) is 5.67. The van der Waals surface area contributed by atoms with Gasteiger partial charge in [0, 0.05) is 49.7 Å². The van der Waals surface area contributed by atoms with Gasteiger partial charge in [-0.3, -0.25) is 4.79 Å². The molecule has 2 fully saturated rings. The van der Waals surface area contributed by atoms with Crippen molar-refractivity contribution in [3.05, 3.63) is 54.6 Å². The molecule has 1 heterocycles. The van der Waals surface area contributed by atoms with Gasteiger partial charge in [0.25, 0.3) is 0 Å². The van der Waals surface area contributed by atoms with Crippen LogP contribution in [0.3, 0.4) is 0 Å². The molecule has 0 bridgehead atoms. The van der Waals surface area contributed by atoms with Gasteiger partial charge in [0.05, 0.1) is 0 Å². The third-order valence-corrected chi connectivity index (χ3v) is 6.40. The monoisotopic (exact) mass is 420 g/mol. The van der Waals surface area contributed by atoms with Crippen LogP contribution < -0.4 is 15.5 Å². The summed E-state index contributed by atoms with van der Waals surface area (Å²) in [6.07, 6.45) is 7.05. The highest BCUT2D eigenvalue weighted by molar-refractivity contribution is 5.99. The van der Waals surface area contributed by atoms with E-state index in [0.29, 0.717) is 12.3 Å². The van der Waals surface area contributed by atoms with Crippen LogP contribution in [-0.4, -0.2) is 43.0 Å². The quantitative estimate of drug-likeness (QED) is 0.695. The highest BCUT2D eigenvalue weighted by atomic mass is 16.2. The molecule has 3 amide bonds. The molecule has 164 valence electrons. The summed E-state index contributed by atoms with van der Waals surface area (Å²) in [6.45, 7) is 3.25. The van der Waals surface area contributed by atoms with E-state index in [1.54, 1.807) is 0 Å². The fourth-order valence-electron chi connectivity index (χ4n) is 4.57. The molecule has 2 N–H and O–H groups in total. The molecule has 6 nitrogen and oxygen atoms in total. The molecular formula is C25H32N4O2. The first-order valence-corrected chi connectivity index (χ1v) is 11.4. The second kappa shape index (κ2) is 10.3. The van der Waals surface area contributed by atoms with Gasteiger partial charge in [-0.1, -0.05) is 43.9 Å². The van der Waals surface area contributed by atoms with E-state index in [2.05, 4.69) is 15.5 Å². The first kappa shape index (κ1) is 21.2. The van der Waals surface area contributed by atoms with Gasteiger partial charge in [-0.2, -0.15) is 0 Å². The van der Waals surface area contributed by atoms with Gasteiger partial charge in [-0.25, -0.2) is 4.79 Å². The van der Waals surface area contributed by atoms with Crippen LogP contribution in [0.25, 0.3) is 0 Å². The molecule has 1 aliphatic carbocycles. The molecule has 2 aliphatic rings. The van der Waals surface area contributed by atoms with Crippen molar-refractivity contribution in [3.8, 4) is 0 Å². The molecule has 4 rings (SSSR count). The number of urea groups is 1. The standard InChI is InChI=1S/C25H32N4O2/c30-24(15-10-20-6-4-5-7-20)29-18-16-28(17-19-29)23-13-11-22(12-14-23)27-25(31)26-21-8-2-1-3-9-21/h1-3,8-9,11-14,20H,4-7,10,15-19H2,(H2,26,27,31). The number of benzene rings is 2. The fraction of sp³-hybridized carbons (Fsp3) is 0.440. The molecule has 1 saturated heterocycles. The van der Waals surface area contributed by atoms with Gasteiger partial charge in [0.1, 0.15) is 0 Å². The number of carbonyl (C=O) groups excluding carboxylic acids is 2. The summed E-state index contributed by atoms with van der Waals surface area (Å²) in [4.78, 5) is 29.0. The van der Waals surface area contributed by atoms with Crippen LogP contribution in [0.4, 0.5) is 21.9 Å². The molecule has 1 saturated carbocycles. The Hall–Kier alpha value is -3.02. The minimum absolute atomic E-state index is 0.260. The van der Waals surface area contributed by atoms with E-state index in [-0.39, 0.29) is 6.03 Å². The maximum atomic E-state index is 12.5. The fourth-order valence-corrected chi connectivity index (χ4v) is 4.57. The Labute approximate surface area is 184 Å². The number of amides is 3. The van der Waals surface area contributed by atoms with Crippen LogP contribution in [-0.2, 0) is 4.79 Å². The zero-order chi connectivity index (χ0) is 21.5. The topological polar surface area (TPSA) is 64.7 Å². The minimum Gasteiger partial charge on any atom is -0.368 e. The van der Waals surface area contributed by atoms with Crippen molar-refractivity contribution in [2.45, 2.75) is 38.5 Å². The van der Waals surface area contributed by atoms with Crippen LogP contribution in [0.15, 0.2) is 54.6 Å². The van der Waals surface area contributed by atoms with E-state index in [1.807, 2.05) is 59.5 Å². The summed E-state index contributed by atoms with van der Waals surface area (Å²) in [5.41, 5.74) is 2.62. The van der Waals surface area contributed by atoms with Crippen molar-refractivity contribution in [2.75, 3.05) is 41.7 Å². The predicted molar refractivity (Wildman–Crippen MR) is 126 cm³/mol. The largest absolute Gasteiger partial charge is 0.368 e. The lowest BCUT2D eigenvalue weighted by Crippen LogP contribution is -2.48. The van der Waals surface area contributed by atoms with E-state index in [1.165, 1.54) is 25.7 Å². The number of piperazine rings is 1. The molecule has 0 atom stereocenters. The second-order valence-electron chi connectivity index (χ2n) is 8.55. The number of nitrogens with one attached hydrogen (secondary N) is 2. The maximum absolute atomic E-state index is 12.5. The van der Waals surface area contributed by atoms with Crippen molar-refractivity contribution < 1.29 is 9.59 Å². The summed E-state index contributed by atoms with van der Waals surface area (Å²) in [5.74, 6) is 1.09. The van der Waals surface area contributed by atoms with Crippen molar-refractivity contribution >= 4 is 29.0 Å². The van der Waals surface area contributed by atoms with Crippen molar-refractivity contribution in [1.29, 1.82) is 0 Å². The Morgan fingerprint density at radius 3 is 2.06 bits per heavy atom. The van der Waals surface area contributed by atoms with Crippen molar-refractivity contribution in [3.63, 3.8) is 0 Å². The number of hydrogen-bond donors (Lipinski definition) is 2. The van der Waals surface area contributed by atoms with Gasteiger partial charge in [-0.15, -0.1) is 0 Å². The van der Waals surface area contributed by atoms with Crippen LogP contribution in [0, 0.1) is 5.92 Å². The van der Waals surface area contributed by atoms with E-state index < -0.39 is 0 Å². The highest BCUT2D eigenvalue weighted by Gasteiger charge is 2.23. The van der Waals surface area contributed by atoms with Crippen LogP contribution in [0.5, 0.6) is 0 Å². The second-order valence-corrected chi connectivity index (χ2v) is 8.55. The molecule has 0 unspecified atom stereocenters. The van der Waals surface area contributed by atoms with Crippen molar-refractivity contribution in [1.82, 2.24) is 4.90 Å². The van der Waals surface area contributed by atoms with Gasteiger partial charge in [-0.05, 0) is 48.7 Å². The Kier molecular flexibility index (Phi) is 7.07. The average molecular weight is 421 g/mol. The van der Waals surface area contributed by atoms with E-state index >= 15 is 0 Å². The Bertz CT molecular complexity index is 855. The number of hydrogen-bond acceptors (Lipinski definition) is 3. The normalized spacial score (nSPS) is 16.9. The molecule has 0 spiro atoms. The molecule has 31 heavy (non-hydrogen) atoms. The van der Waals surface area contributed by atoms with Crippen molar-refractivity contribution in [2.24, 2.45) is 5.92 Å². The molecule has 2 aromatic carbocycles. The van der Waals surface area contributed by atoms with E-state index in [0.717, 1.165) is 55.6 Å². The molecule has 0 radical (unpaired) electrons. The molecular weight excluding hydrogens is 388 g/mol. The van der Waals surface area contributed by atoms with Crippen LogP contribution >= 0.6 is 0 Å². The van der Waals surface area contributed by atoms with Gasteiger partial charge < -0.3 is 20.4 Å². The lowest BCUT2D eigenvalue weighted by Gasteiger charge is -2.36. The summed E-state index contributed by atoms with van der Waals surface area (Å²) in [6, 6.07) is 17.0. The number of para-hydroxylation sites is 1. The van der Waals surface area contributed by atoms with Gasteiger partial charge in [0.2, 0.25) is 5.91 Å². The molecule has 1 aliphatic heterocycles. The third-order valence-electron chi connectivity index (χ3n) is 6.40. The number of rotatable bonds is 6. The zero-order valence-electron chi connectivity index (χ0n) is 18.1. The lowest BCUT2D eigenvalue weighted by molar-refractivity contribution is -0.131. The Balaban J connectivity index is 1.21. The number of nitrogens with zero attached hydrogens (tertiary/aromatic N) is 2. The number of carbonyl (C=O) groups is 2. The minimum atomic E-state index is -0.260. The Morgan fingerprint density at radius 1 is 0.806 bits per heavy atom. The predicted octanol–water partition coefficient (Wildman–Crippen LogP) is 4.95. The molecule has 2 aromatic rings. The highest BCUT2D eigenvalue weighted by Crippen LogP contribution is 2.29.